The van der Waals surface area contributed by atoms with Crippen molar-refractivity contribution in [3.8, 4) is 0 Å². The maximum absolute atomic E-state index is 11.9. The highest BCUT2D eigenvalue weighted by atomic mass is 16.4. The molecule has 0 atom stereocenters. The number of carbonyl (C=O) groups excluding carboxylic acids is 1. The van der Waals surface area contributed by atoms with E-state index in [4.69, 9.17) is 5.11 Å². The third kappa shape index (κ3) is 2.16. The van der Waals surface area contributed by atoms with Crippen LogP contribution < -0.4 is 0 Å². The molecule has 0 fully saturated rings. The Bertz CT molecular complexity index is 403. The second kappa shape index (κ2) is 4.26. The number of carbonyl (C=O) groups is 2. The maximum atomic E-state index is 11.9. The zero-order valence-corrected chi connectivity index (χ0v) is 9.34. The van der Waals surface area contributed by atoms with Crippen molar-refractivity contribution >= 4 is 11.9 Å². The fourth-order valence-corrected chi connectivity index (χ4v) is 1.01. The molecule has 0 aromatic carbocycles. The Morgan fingerprint density at radius 3 is 2.44 bits per heavy atom. The van der Waals surface area contributed by atoms with Gasteiger partial charge < -0.3 is 10.0 Å². The molecule has 6 nitrogen and oxygen atoms in total. The molecule has 1 amide bonds. The van der Waals surface area contributed by atoms with E-state index in [9.17, 15) is 9.59 Å². The van der Waals surface area contributed by atoms with Gasteiger partial charge in [0.25, 0.3) is 5.91 Å². The van der Waals surface area contributed by atoms with Crippen molar-refractivity contribution in [2.24, 2.45) is 0 Å². The fraction of sp³-hybridized carbons (Fsp3) is 0.400. The SMILES string of the molecule is CN(C(=O)c1ccnnc1)C(C)(C)C(=O)O. The molecular weight excluding hydrogens is 210 g/mol. The van der Waals surface area contributed by atoms with Crippen LogP contribution in [0.2, 0.25) is 0 Å². The molecule has 0 saturated heterocycles. The molecular formula is C10H13N3O3. The molecule has 0 radical (unpaired) electrons. The maximum Gasteiger partial charge on any atom is 0.329 e. The van der Waals surface area contributed by atoms with E-state index >= 15 is 0 Å². The standard InChI is InChI=1S/C10H13N3O3/c1-10(2,9(15)16)13(3)8(14)7-4-5-11-12-6-7/h4-6H,1-3H3,(H,15,16). The summed E-state index contributed by atoms with van der Waals surface area (Å²) in [4.78, 5) is 24.0. The molecule has 0 spiro atoms. The predicted molar refractivity (Wildman–Crippen MR) is 55.8 cm³/mol. The van der Waals surface area contributed by atoms with Crippen molar-refractivity contribution < 1.29 is 14.7 Å². The minimum atomic E-state index is -1.26. The Hall–Kier alpha value is -1.98. The van der Waals surface area contributed by atoms with Crippen LogP contribution in [0.15, 0.2) is 18.5 Å². The van der Waals surface area contributed by atoms with Crippen LogP contribution in [0.25, 0.3) is 0 Å². The molecule has 1 rings (SSSR count). The minimum absolute atomic E-state index is 0.312. The van der Waals surface area contributed by atoms with Crippen LogP contribution in [0.1, 0.15) is 24.2 Å². The van der Waals surface area contributed by atoms with Crippen molar-refractivity contribution in [1.82, 2.24) is 15.1 Å². The summed E-state index contributed by atoms with van der Waals surface area (Å²) in [5.74, 6) is -1.47. The number of amides is 1. The predicted octanol–water partition coefficient (Wildman–Crippen LogP) is 0.412. The highest BCUT2D eigenvalue weighted by Crippen LogP contribution is 2.15. The molecule has 1 aromatic heterocycles. The highest BCUT2D eigenvalue weighted by Gasteiger charge is 2.35. The van der Waals surface area contributed by atoms with Gasteiger partial charge in [-0.3, -0.25) is 4.79 Å². The van der Waals surface area contributed by atoms with Crippen molar-refractivity contribution in [3.63, 3.8) is 0 Å². The number of carboxylic acids is 1. The third-order valence-corrected chi connectivity index (χ3v) is 2.50. The number of rotatable bonds is 3. The van der Waals surface area contributed by atoms with Crippen molar-refractivity contribution in [2.75, 3.05) is 7.05 Å². The first-order valence-corrected chi connectivity index (χ1v) is 4.65. The Morgan fingerprint density at radius 1 is 1.38 bits per heavy atom. The number of carboxylic acid groups (broad SMARTS) is 1. The van der Waals surface area contributed by atoms with Gasteiger partial charge >= 0.3 is 5.97 Å². The first-order chi connectivity index (χ1) is 7.37. The van der Waals surface area contributed by atoms with Crippen LogP contribution in [-0.2, 0) is 4.79 Å². The number of hydrogen-bond acceptors (Lipinski definition) is 4. The molecule has 1 heterocycles. The fourth-order valence-electron chi connectivity index (χ4n) is 1.01. The lowest BCUT2D eigenvalue weighted by molar-refractivity contribution is -0.147. The van der Waals surface area contributed by atoms with E-state index in [1.165, 1.54) is 39.4 Å². The number of aromatic nitrogens is 2. The molecule has 0 aliphatic rings. The zero-order valence-electron chi connectivity index (χ0n) is 9.34. The lowest BCUT2D eigenvalue weighted by Gasteiger charge is -2.31. The summed E-state index contributed by atoms with van der Waals surface area (Å²) >= 11 is 0. The Labute approximate surface area is 92.9 Å². The average molecular weight is 223 g/mol. The van der Waals surface area contributed by atoms with Crippen molar-refractivity contribution in [2.45, 2.75) is 19.4 Å². The summed E-state index contributed by atoms with van der Waals surface area (Å²) in [5, 5.41) is 16.1. The Morgan fingerprint density at radius 2 is 2.00 bits per heavy atom. The quantitative estimate of drug-likeness (QED) is 0.802. The highest BCUT2D eigenvalue weighted by molar-refractivity contribution is 5.97. The van der Waals surface area contributed by atoms with Crippen molar-refractivity contribution in [1.29, 1.82) is 0 Å². The van der Waals surface area contributed by atoms with Gasteiger partial charge in [-0.05, 0) is 19.9 Å². The molecule has 0 saturated carbocycles. The monoisotopic (exact) mass is 223 g/mol. The van der Waals surface area contributed by atoms with Crippen LogP contribution in [0.4, 0.5) is 0 Å². The van der Waals surface area contributed by atoms with Crippen LogP contribution in [0.3, 0.4) is 0 Å². The molecule has 1 N–H and O–H groups in total. The van der Waals surface area contributed by atoms with E-state index in [1.54, 1.807) is 0 Å². The van der Waals surface area contributed by atoms with E-state index < -0.39 is 17.4 Å². The second-order valence-electron chi connectivity index (χ2n) is 3.86. The third-order valence-electron chi connectivity index (χ3n) is 2.50. The molecule has 16 heavy (non-hydrogen) atoms. The van der Waals surface area contributed by atoms with Gasteiger partial charge in [0.05, 0.1) is 18.0 Å². The Kier molecular flexibility index (Phi) is 3.22. The van der Waals surface area contributed by atoms with Gasteiger partial charge in [-0.2, -0.15) is 10.2 Å². The Balaban J connectivity index is 2.96. The number of aliphatic carboxylic acids is 1. The van der Waals surface area contributed by atoms with E-state index in [0.29, 0.717) is 5.56 Å². The van der Waals surface area contributed by atoms with E-state index in [0.717, 1.165) is 4.90 Å². The first kappa shape index (κ1) is 12.1. The smallest absolute Gasteiger partial charge is 0.329 e. The molecule has 0 unspecified atom stereocenters. The summed E-state index contributed by atoms with van der Waals surface area (Å²) in [6, 6.07) is 1.49. The van der Waals surface area contributed by atoms with Gasteiger partial charge in [0.2, 0.25) is 0 Å². The normalized spacial score (nSPS) is 10.9. The zero-order chi connectivity index (χ0) is 12.3. The van der Waals surface area contributed by atoms with Crippen LogP contribution in [-0.4, -0.2) is 44.7 Å². The summed E-state index contributed by atoms with van der Waals surface area (Å²) in [6.07, 6.45) is 2.69. The van der Waals surface area contributed by atoms with Crippen LogP contribution >= 0.6 is 0 Å². The van der Waals surface area contributed by atoms with E-state index in [1.807, 2.05) is 0 Å². The van der Waals surface area contributed by atoms with Gasteiger partial charge in [-0.1, -0.05) is 0 Å². The molecule has 86 valence electrons. The second-order valence-corrected chi connectivity index (χ2v) is 3.86. The molecule has 0 aliphatic carbocycles. The minimum Gasteiger partial charge on any atom is -0.480 e. The first-order valence-electron chi connectivity index (χ1n) is 4.65. The largest absolute Gasteiger partial charge is 0.480 e. The van der Waals surface area contributed by atoms with Crippen LogP contribution in [0, 0.1) is 0 Å². The summed E-state index contributed by atoms with van der Waals surface area (Å²) in [6.45, 7) is 2.92. The van der Waals surface area contributed by atoms with Gasteiger partial charge in [-0.25, -0.2) is 4.79 Å². The van der Waals surface area contributed by atoms with E-state index in [-0.39, 0.29) is 0 Å². The van der Waals surface area contributed by atoms with Crippen LogP contribution in [0.5, 0.6) is 0 Å². The lowest BCUT2D eigenvalue weighted by Crippen LogP contribution is -2.50. The molecule has 0 bridgehead atoms. The number of likely N-dealkylation sites (N-methyl/N-ethyl adjacent to an activating group) is 1. The van der Waals surface area contributed by atoms with Gasteiger partial charge in [0.1, 0.15) is 5.54 Å². The lowest BCUT2D eigenvalue weighted by atomic mass is 10.0. The number of hydrogen-bond donors (Lipinski definition) is 1. The molecule has 6 heteroatoms. The van der Waals surface area contributed by atoms with Gasteiger partial charge in [0.15, 0.2) is 0 Å². The van der Waals surface area contributed by atoms with Crippen molar-refractivity contribution in [3.05, 3.63) is 24.0 Å². The average Bonchev–Trinajstić information content (AvgIpc) is 2.28. The summed E-state index contributed by atoms with van der Waals surface area (Å²) in [5.41, 5.74) is -0.952. The number of nitrogens with zero attached hydrogens (tertiary/aromatic N) is 3. The molecule has 1 aromatic rings. The summed E-state index contributed by atoms with van der Waals surface area (Å²) in [7, 11) is 1.44. The summed E-state index contributed by atoms with van der Waals surface area (Å²) < 4.78 is 0. The molecule has 0 aliphatic heterocycles. The van der Waals surface area contributed by atoms with Gasteiger partial charge in [-0.15, -0.1) is 0 Å². The van der Waals surface area contributed by atoms with E-state index in [2.05, 4.69) is 10.2 Å². The van der Waals surface area contributed by atoms with Gasteiger partial charge in [0, 0.05) is 7.05 Å². The topological polar surface area (TPSA) is 83.4 Å².